The molecule has 2 nitrogen and oxygen atoms in total. The Balaban J connectivity index is 2.42. The van der Waals surface area contributed by atoms with Crippen LogP contribution in [-0.4, -0.2) is 18.3 Å². The van der Waals surface area contributed by atoms with Crippen LogP contribution < -0.4 is 0 Å². The molecule has 1 saturated heterocycles. The zero-order valence-electron chi connectivity index (χ0n) is 9.42. The zero-order chi connectivity index (χ0) is 10.9. The van der Waals surface area contributed by atoms with Gasteiger partial charge in [-0.2, -0.15) is 0 Å². The van der Waals surface area contributed by atoms with E-state index < -0.39 is 5.60 Å². The first-order chi connectivity index (χ1) is 7.13. The van der Waals surface area contributed by atoms with E-state index in [-0.39, 0.29) is 0 Å². The molecule has 2 heteroatoms. The van der Waals surface area contributed by atoms with Crippen LogP contribution in [0.5, 0.6) is 0 Å². The van der Waals surface area contributed by atoms with Gasteiger partial charge in [0.2, 0.25) is 0 Å². The van der Waals surface area contributed by atoms with Gasteiger partial charge in [-0.3, -0.25) is 0 Å². The second-order valence-electron chi connectivity index (χ2n) is 4.41. The lowest BCUT2D eigenvalue weighted by molar-refractivity contribution is -0.0686. The molecule has 1 aromatic carbocycles. The fourth-order valence-corrected chi connectivity index (χ4v) is 2.51. The topological polar surface area (TPSA) is 29.5 Å². The highest BCUT2D eigenvalue weighted by atomic mass is 16.5. The van der Waals surface area contributed by atoms with Crippen LogP contribution in [0.2, 0.25) is 0 Å². The molecule has 0 aromatic heterocycles. The molecule has 1 heterocycles. The number of hydrogen-bond donors (Lipinski definition) is 1. The summed E-state index contributed by atoms with van der Waals surface area (Å²) in [6.07, 6.45) is 1.41. The van der Waals surface area contributed by atoms with E-state index in [1.54, 1.807) is 0 Å². The molecule has 1 aliphatic rings. The van der Waals surface area contributed by atoms with Crippen molar-refractivity contribution in [3.8, 4) is 0 Å². The van der Waals surface area contributed by atoms with Gasteiger partial charge in [0.05, 0.1) is 5.60 Å². The summed E-state index contributed by atoms with van der Waals surface area (Å²) >= 11 is 0. The van der Waals surface area contributed by atoms with E-state index in [0.29, 0.717) is 26.1 Å². The molecule has 1 aromatic rings. The smallest absolute Gasteiger partial charge is 0.0945 e. The van der Waals surface area contributed by atoms with Gasteiger partial charge in [0, 0.05) is 26.1 Å². The van der Waals surface area contributed by atoms with E-state index in [2.05, 4.69) is 26.0 Å². The van der Waals surface area contributed by atoms with Crippen molar-refractivity contribution < 1.29 is 9.84 Å². The molecule has 0 bridgehead atoms. The van der Waals surface area contributed by atoms with E-state index in [1.807, 2.05) is 6.07 Å². The fraction of sp³-hybridized carbons (Fsp3) is 0.538. The maximum absolute atomic E-state index is 10.6. The molecule has 2 rings (SSSR count). The number of hydrogen-bond acceptors (Lipinski definition) is 2. The first kappa shape index (κ1) is 10.7. The third-order valence-electron chi connectivity index (χ3n) is 3.27. The molecule has 1 aliphatic heterocycles. The largest absolute Gasteiger partial charge is 0.385 e. The van der Waals surface area contributed by atoms with E-state index in [9.17, 15) is 5.11 Å². The molecule has 0 atom stereocenters. The number of aryl methyl sites for hydroxylation is 2. The van der Waals surface area contributed by atoms with Crippen molar-refractivity contribution in [1.29, 1.82) is 0 Å². The standard InChI is InChI=1S/C13H18O2/c1-10-4-3-5-11(2)12(10)13(14)6-8-15-9-7-13/h3-5,14H,6-9H2,1-2H3. The molecule has 0 aliphatic carbocycles. The van der Waals surface area contributed by atoms with Gasteiger partial charge in [-0.25, -0.2) is 0 Å². The molecule has 0 spiro atoms. The van der Waals surface area contributed by atoms with Gasteiger partial charge in [-0.1, -0.05) is 18.2 Å². The lowest BCUT2D eigenvalue weighted by atomic mass is 9.81. The Bertz CT molecular complexity index is 331. The maximum Gasteiger partial charge on any atom is 0.0945 e. The molecule has 1 N–H and O–H groups in total. The Labute approximate surface area is 90.9 Å². The van der Waals surface area contributed by atoms with Crippen molar-refractivity contribution in [2.24, 2.45) is 0 Å². The lowest BCUT2D eigenvalue weighted by Crippen LogP contribution is -2.34. The Morgan fingerprint density at radius 1 is 1.13 bits per heavy atom. The highest BCUT2D eigenvalue weighted by molar-refractivity contribution is 5.38. The number of ether oxygens (including phenoxy) is 1. The molecule has 0 saturated carbocycles. The maximum atomic E-state index is 10.6. The molecule has 0 unspecified atom stereocenters. The van der Waals surface area contributed by atoms with Crippen molar-refractivity contribution in [2.75, 3.05) is 13.2 Å². The summed E-state index contributed by atoms with van der Waals surface area (Å²) in [7, 11) is 0. The highest BCUT2D eigenvalue weighted by Crippen LogP contribution is 2.35. The molecule has 82 valence electrons. The first-order valence-corrected chi connectivity index (χ1v) is 5.50. The average molecular weight is 206 g/mol. The molecule has 15 heavy (non-hydrogen) atoms. The van der Waals surface area contributed by atoms with Gasteiger partial charge >= 0.3 is 0 Å². The Kier molecular flexibility index (Phi) is 2.81. The summed E-state index contributed by atoms with van der Waals surface area (Å²) in [6, 6.07) is 6.17. The minimum atomic E-state index is -0.673. The van der Waals surface area contributed by atoms with Gasteiger partial charge in [0.25, 0.3) is 0 Å². The van der Waals surface area contributed by atoms with Gasteiger partial charge in [0.15, 0.2) is 0 Å². The van der Waals surface area contributed by atoms with Crippen LogP contribution in [0.15, 0.2) is 18.2 Å². The molecular formula is C13H18O2. The van der Waals surface area contributed by atoms with Crippen LogP contribution in [0, 0.1) is 13.8 Å². The van der Waals surface area contributed by atoms with Crippen LogP contribution in [-0.2, 0) is 10.3 Å². The predicted octanol–water partition coefficient (Wildman–Crippen LogP) is 2.30. The van der Waals surface area contributed by atoms with Crippen molar-refractivity contribution in [1.82, 2.24) is 0 Å². The summed E-state index contributed by atoms with van der Waals surface area (Å²) in [5.74, 6) is 0. The Hall–Kier alpha value is -0.860. The minimum absolute atomic E-state index is 0.657. The quantitative estimate of drug-likeness (QED) is 0.764. The van der Waals surface area contributed by atoms with Gasteiger partial charge in [-0.05, 0) is 30.5 Å². The third-order valence-corrected chi connectivity index (χ3v) is 3.27. The van der Waals surface area contributed by atoms with Crippen LogP contribution in [0.3, 0.4) is 0 Å². The SMILES string of the molecule is Cc1cccc(C)c1C1(O)CCOCC1. The summed E-state index contributed by atoms with van der Waals surface area (Å²) < 4.78 is 5.31. The van der Waals surface area contributed by atoms with Crippen LogP contribution in [0.4, 0.5) is 0 Å². The first-order valence-electron chi connectivity index (χ1n) is 5.50. The second-order valence-corrected chi connectivity index (χ2v) is 4.41. The number of benzene rings is 1. The van der Waals surface area contributed by atoms with Gasteiger partial charge in [0.1, 0.15) is 0 Å². The van der Waals surface area contributed by atoms with Crippen LogP contribution >= 0.6 is 0 Å². The van der Waals surface area contributed by atoms with E-state index >= 15 is 0 Å². The van der Waals surface area contributed by atoms with Gasteiger partial charge < -0.3 is 9.84 Å². The van der Waals surface area contributed by atoms with E-state index in [4.69, 9.17) is 4.74 Å². The van der Waals surface area contributed by atoms with Crippen molar-refractivity contribution in [3.63, 3.8) is 0 Å². The second kappa shape index (κ2) is 3.95. The normalized spacial score (nSPS) is 20.2. The van der Waals surface area contributed by atoms with Crippen molar-refractivity contribution >= 4 is 0 Å². The molecular weight excluding hydrogens is 188 g/mol. The van der Waals surface area contributed by atoms with Crippen LogP contribution in [0.25, 0.3) is 0 Å². The molecule has 1 fully saturated rings. The van der Waals surface area contributed by atoms with Gasteiger partial charge in [-0.15, -0.1) is 0 Å². The fourth-order valence-electron chi connectivity index (χ4n) is 2.51. The lowest BCUT2D eigenvalue weighted by Gasteiger charge is -2.34. The third kappa shape index (κ3) is 1.92. The van der Waals surface area contributed by atoms with Crippen LogP contribution in [0.1, 0.15) is 29.5 Å². The predicted molar refractivity (Wildman–Crippen MR) is 59.9 cm³/mol. The number of rotatable bonds is 1. The molecule has 0 amide bonds. The van der Waals surface area contributed by atoms with Crippen molar-refractivity contribution in [2.45, 2.75) is 32.3 Å². The monoisotopic (exact) mass is 206 g/mol. The average Bonchev–Trinajstić information content (AvgIpc) is 2.18. The Morgan fingerprint density at radius 3 is 2.20 bits per heavy atom. The molecule has 0 radical (unpaired) electrons. The zero-order valence-corrected chi connectivity index (χ0v) is 9.42. The van der Waals surface area contributed by atoms with E-state index in [0.717, 1.165) is 5.56 Å². The summed E-state index contributed by atoms with van der Waals surface area (Å²) in [6.45, 7) is 5.44. The van der Waals surface area contributed by atoms with Crippen molar-refractivity contribution in [3.05, 3.63) is 34.9 Å². The summed E-state index contributed by atoms with van der Waals surface area (Å²) in [5, 5.41) is 10.6. The summed E-state index contributed by atoms with van der Waals surface area (Å²) in [4.78, 5) is 0. The number of aliphatic hydroxyl groups is 1. The minimum Gasteiger partial charge on any atom is -0.385 e. The van der Waals surface area contributed by atoms with E-state index in [1.165, 1.54) is 11.1 Å². The summed E-state index contributed by atoms with van der Waals surface area (Å²) in [5.41, 5.74) is 2.79. The Morgan fingerprint density at radius 2 is 1.67 bits per heavy atom. The highest BCUT2D eigenvalue weighted by Gasteiger charge is 2.33.